The van der Waals surface area contributed by atoms with Gasteiger partial charge in [0.15, 0.2) is 5.65 Å². The quantitative estimate of drug-likeness (QED) is 0.346. The number of thioether (sulfide) groups is 1. The maximum Gasteiger partial charge on any atom is 0.212 e. The van der Waals surface area contributed by atoms with Crippen molar-refractivity contribution in [3.63, 3.8) is 0 Å². The summed E-state index contributed by atoms with van der Waals surface area (Å²) in [6.45, 7) is 4.53. The maximum atomic E-state index is 4.75. The van der Waals surface area contributed by atoms with Crippen molar-refractivity contribution in [2.24, 2.45) is 0 Å². The third kappa shape index (κ3) is 2.65. The average molecular weight is 373 g/mol. The van der Waals surface area contributed by atoms with Crippen molar-refractivity contribution in [3.05, 3.63) is 61.2 Å². The second kappa shape index (κ2) is 6.48. The Bertz CT molecular complexity index is 1290. The van der Waals surface area contributed by atoms with Gasteiger partial charge in [0.25, 0.3) is 0 Å². The highest BCUT2D eigenvalue weighted by atomic mass is 32.2. The Kier molecular flexibility index (Phi) is 3.83. The minimum atomic E-state index is 0.565. The fraction of sp³-hybridized carbons (Fsp3) is 0.105. The van der Waals surface area contributed by atoms with E-state index in [4.69, 9.17) is 4.98 Å². The van der Waals surface area contributed by atoms with Crippen LogP contribution in [0.3, 0.4) is 0 Å². The van der Waals surface area contributed by atoms with Crippen molar-refractivity contribution in [1.82, 2.24) is 34.7 Å². The standard InChI is InChI=1S/C19H15N7S/c1-2-11-25-15-9-5-3-7-13(15)17-18(25)20-19(23-22-17)27-12-26-16-10-6-4-8-14(16)21-24-26/h2-10H,1,11-12H2. The summed E-state index contributed by atoms with van der Waals surface area (Å²) in [6.07, 6.45) is 1.86. The Balaban J connectivity index is 1.53. The molecule has 0 aliphatic carbocycles. The smallest absolute Gasteiger partial charge is 0.212 e. The molecule has 0 saturated carbocycles. The van der Waals surface area contributed by atoms with E-state index >= 15 is 0 Å². The van der Waals surface area contributed by atoms with Crippen LogP contribution < -0.4 is 0 Å². The number of hydrogen-bond acceptors (Lipinski definition) is 6. The van der Waals surface area contributed by atoms with E-state index in [-0.39, 0.29) is 0 Å². The summed E-state index contributed by atoms with van der Waals surface area (Å²) in [5, 5.41) is 18.8. The molecule has 7 nitrogen and oxygen atoms in total. The number of benzene rings is 2. The van der Waals surface area contributed by atoms with Gasteiger partial charge in [-0.15, -0.1) is 21.9 Å². The number of nitrogens with zero attached hydrogens (tertiary/aromatic N) is 7. The molecule has 5 rings (SSSR count). The number of rotatable bonds is 5. The van der Waals surface area contributed by atoms with E-state index in [0.717, 1.165) is 33.1 Å². The van der Waals surface area contributed by atoms with Crippen LogP contribution in [-0.4, -0.2) is 34.7 Å². The van der Waals surface area contributed by atoms with E-state index in [0.29, 0.717) is 17.6 Å². The Hall–Kier alpha value is -3.26. The highest BCUT2D eigenvalue weighted by Gasteiger charge is 2.14. The van der Waals surface area contributed by atoms with Gasteiger partial charge in [0.1, 0.15) is 11.0 Å². The van der Waals surface area contributed by atoms with E-state index in [1.165, 1.54) is 11.8 Å². The second-order valence-corrected chi connectivity index (χ2v) is 6.95. The molecule has 132 valence electrons. The molecule has 0 radical (unpaired) electrons. The van der Waals surface area contributed by atoms with Gasteiger partial charge < -0.3 is 4.57 Å². The first-order chi connectivity index (χ1) is 13.3. The number of hydrogen-bond donors (Lipinski definition) is 0. The van der Waals surface area contributed by atoms with Gasteiger partial charge in [-0.05, 0) is 18.2 Å². The van der Waals surface area contributed by atoms with Crippen molar-refractivity contribution < 1.29 is 0 Å². The van der Waals surface area contributed by atoms with Crippen LogP contribution >= 0.6 is 11.8 Å². The highest BCUT2D eigenvalue weighted by molar-refractivity contribution is 7.98. The van der Waals surface area contributed by atoms with Crippen LogP contribution in [0.2, 0.25) is 0 Å². The molecular weight excluding hydrogens is 358 g/mol. The Morgan fingerprint density at radius 3 is 2.67 bits per heavy atom. The molecule has 0 amide bonds. The Labute approximate surface area is 158 Å². The Morgan fingerprint density at radius 2 is 1.78 bits per heavy atom. The fourth-order valence-corrected chi connectivity index (χ4v) is 3.87. The van der Waals surface area contributed by atoms with Crippen LogP contribution in [-0.2, 0) is 12.4 Å². The second-order valence-electron chi connectivity index (χ2n) is 6.03. The van der Waals surface area contributed by atoms with Crippen molar-refractivity contribution in [2.75, 3.05) is 0 Å². The Morgan fingerprint density at radius 1 is 0.963 bits per heavy atom. The zero-order valence-corrected chi connectivity index (χ0v) is 15.2. The molecule has 0 aliphatic heterocycles. The number of aromatic nitrogens is 7. The van der Waals surface area contributed by atoms with Gasteiger partial charge >= 0.3 is 0 Å². The molecule has 27 heavy (non-hydrogen) atoms. The number of para-hydroxylation sites is 2. The summed E-state index contributed by atoms with van der Waals surface area (Å²) < 4.78 is 3.95. The van der Waals surface area contributed by atoms with Gasteiger partial charge in [-0.1, -0.05) is 53.4 Å². The van der Waals surface area contributed by atoms with Gasteiger partial charge in [-0.25, -0.2) is 9.67 Å². The summed E-state index contributed by atoms with van der Waals surface area (Å²) in [5.74, 6) is 0.565. The largest absolute Gasteiger partial charge is 0.320 e. The van der Waals surface area contributed by atoms with Gasteiger partial charge in [0, 0.05) is 11.9 Å². The van der Waals surface area contributed by atoms with Crippen LogP contribution in [0.5, 0.6) is 0 Å². The molecule has 3 aromatic heterocycles. The predicted molar refractivity (Wildman–Crippen MR) is 106 cm³/mol. The topological polar surface area (TPSA) is 74.3 Å². The molecule has 0 bridgehead atoms. The predicted octanol–water partition coefficient (Wildman–Crippen LogP) is 3.66. The SMILES string of the molecule is C=CCn1c2ccccc2c2nnc(SCn3nnc4ccccc43)nc21. The van der Waals surface area contributed by atoms with E-state index in [9.17, 15) is 0 Å². The lowest BCUT2D eigenvalue weighted by Crippen LogP contribution is -2.01. The minimum absolute atomic E-state index is 0.565. The van der Waals surface area contributed by atoms with Gasteiger partial charge in [-0.3, -0.25) is 0 Å². The summed E-state index contributed by atoms with van der Waals surface area (Å²) in [5.41, 5.74) is 4.57. The van der Waals surface area contributed by atoms with Crippen LogP contribution in [0, 0.1) is 0 Å². The first-order valence-electron chi connectivity index (χ1n) is 8.49. The van der Waals surface area contributed by atoms with Crippen molar-refractivity contribution in [3.8, 4) is 0 Å². The summed E-state index contributed by atoms with van der Waals surface area (Å²) in [7, 11) is 0. The zero-order valence-electron chi connectivity index (χ0n) is 14.4. The molecule has 0 saturated heterocycles. The lowest BCUT2D eigenvalue weighted by Gasteiger charge is -2.04. The molecule has 0 fully saturated rings. The molecule has 0 N–H and O–H groups in total. The van der Waals surface area contributed by atoms with Crippen molar-refractivity contribution in [2.45, 2.75) is 17.6 Å². The number of fused-ring (bicyclic) bond motifs is 4. The molecule has 0 atom stereocenters. The zero-order chi connectivity index (χ0) is 18.2. The van der Waals surface area contributed by atoms with Gasteiger partial charge in [-0.2, -0.15) is 0 Å². The van der Waals surface area contributed by atoms with Gasteiger partial charge in [0.2, 0.25) is 5.16 Å². The minimum Gasteiger partial charge on any atom is -0.320 e. The molecule has 5 aromatic rings. The monoisotopic (exact) mass is 373 g/mol. The van der Waals surface area contributed by atoms with E-state index < -0.39 is 0 Å². The summed E-state index contributed by atoms with van der Waals surface area (Å²) in [4.78, 5) is 4.75. The molecule has 0 aliphatic rings. The van der Waals surface area contributed by atoms with Crippen molar-refractivity contribution in [1.29, 1.82) is 0 Å². The van der Waals surface area contributed by atoms with E-state index in [1.807, 2.05) is 53.2 Å². The fourth-order valence-electron chi connectivity index (χ4n) is 3.20. The van der Waals surface area contributed by atoms with Crippen LogP contribution in [0.4, 0.5) is 0 Å². The normalized spacial score (nSPS) is 11.6. The third-order valence-corrected chi connectivity index (χ3v) is 5.21. The van der Waals surface area contributed by atoms with Crippen LogP contribution in [0.25, 0.3) is 33.1 Å². The van der Waals surface area contributed by atoms with E-state index in [1.54, 1.807) is 0 Å². The maximum absolute atomic E-state index is 4.75. The summed E-state index contributed by atoms with van der Waals surface area (Å²) in [6, 6.07) is 16.0. The summed E-state index contributed by atoms with van der Waals surface area (Å²) >= 11 is 1.48. The lowest BCUT2D eigenvalue weighted by atomic mass is 10.2. The molecule has 3 heterocycles. The lowest BCUT2D eigenvalue weighted by molar-refractivity contribution is 0.719. The van der Waals surface area contributed by atoms with E-state index in [2.05, 4.69) is 37.7 Å². The average Bonchev–Trinajstić information content (AvgIpc) is 3.26. The van der Waals surface area contributed by atoms with Crippen LogP contribution in [0.1, 0.15) is 0 Å². The molecular formula is C19H15N7S. The first-order valence-corrected chi connectivity index (χ1v) is 9.47. The molecule has 2 aromatic carbocycles. The van der Waals surface area contributed by atoms with Crippen LogP contribution in [0.15, 0.2) is 66.3 Å². The highest BCUT2D eigenvalue weighted by Crippen LogP contribution is 2.27. The van der Waals surface area contributed by atoms with Gasteiger partial charge in [0.05, 0.1) is 16.9 Å². The molecule has 0 unspecified atom stereocenters. The molecule has 0 spiro atoms. The third-order valence-electron chi connectivity index (χ3n) is 4.40. The molecule has 8 heteroatoms. The number of allylic oxidation sites excluding steroid dienone is 1. The van der Waals surface area contributed by atoms with Crippen molar-refractivity contribution >= 4 is 44.9 Å². The first kappa shape index (κ1) is 16.0.